The van der Waals surface area contributed by atoms with Crippen LogP contribution in [0, 0.1) is 26.7 Å². The monoisotopic (exact) mass is 219 g/mol. The number of methoxy groups -OCH3 is 1. The highest BCUT2D eigenvalue weighted by atomic mass is 16.5. The van der Waals surface area contributed by atoms with E-state index in [2.05, 4.69) is 32.2 Å². The number of hydrogen-bond donors (Lipinski definition) is 1. The van der Waals surface area contributed by atoms with Crippen LogP contribution in [0.15, 0.2) is 6.07 Å². The largest absolute Gasteiger partial charge is 0.496 e. The van der Waals surface area contributed by atoms with Crippen molar-refractivity contribution in [3.8, 4) is 5.75 Å². The van der Waals surface area contributed by atoms with Crippen molar-refractivity contribution in [2.45, 2.75) is 27.2 Å². The van der Waals surface area contributed by atoms with Crippen molar-refractivity contribution in [3.05, 3.63) is 28.3 Å². The highest BCUT2D eigenvalue weighted by Crippen LogP contribution is 2.29. The van der Waals surface area contributed by atoms with Gasteiger partial charge in [0.05, 0.1) is 7.11 Å². The minimum absolute atomic E-state index is 0.824. The second-order valence-electron chi connectivity index (χ2n) is 4.85. The van der Waals surface area contributed by atoms with Crippen molar-refractivity contribution in [1.82, 2.24) is 5.32 Å². The van der Waals surface area contributed by atoms with Crippen LogP contribution in [-0.4, -0.2) is 20.2 Å². The van der Waals surface area contributed by atoms with Crippen molar-refractivity contribution in [1.29, 1.82) is 0 Å². The van der Waals surface area contributed by atoms with Gasteiger partial charge >= 0.3 is 0 Å². The Kier molecular flexibility index (Phi) is 3.20. The molecule has 0 saturated carbocycles. The summed E-state index contributed by atoms with van der Waals surface area (Å²) in [5.74, 6) is 1.84. The van der Waals surface area contributed by atoms with Crippen LogP contribution in [0.25, 0.3) is 0 Å². The summed E-state index contributed by atoms with van der Waals surface area (Å²) in [4.78, 5) is 0. The molecule has 0 spiro atoms. The second-order valence-corrected chi connectivity index (χ2v) is 4.85. The molecular formula is C14H21NO. The average Bonchev–Trinajstić information content (AvgIpc) is 2.21. The van der Waals surface area contributed by atoms with Gasteiger partial charge in [-0.1, -0.05) is 0 Å². The predicted octanol–water partition coefficient (Wildman–Crippen LogP) is 2.38. The van der Waals surface area contributed by atoms with Gasteiger partial charge in [0, 0.05) is 0 Å². The first-order valence-corrected chi connectivity index (χ1v) is 5.98. The maximum Gasteiger partial charge on any atom is 0.122 e. The number of rotatable bonds is 3. The van der Waals surface area contributed by atoms with Crippen molar-refractivity contribution in [2.75, 3.05) is 20.2 Å². The number of hydrogen-bond acceptors (Lipinski definition) is 2. The summed E-state index contributed by atoms with van der Waals surface area (Å²) in [5.41, 5.74) is 5.58. The predicted molar refractivity (Wildman–Crippen MR) is 67.3 cm³/mol. The van der Waals surface area contributed by atoms with Gasteiger partial charge in [0.1, 0.15) is 5.75 Å². The number of nitrogens with one attached hydrogen (secondary N) is 1. The van der Waals surface area contributed by atoms with Crippen LogP contribution in [0.2, 0.25) is 0 Å². The molecule has 0 unspecified atom stereocenters. The third kappa shape index (κ3) is 1.94. The van der Waals surface area contributed by atoms with Gasteiger partial charge in [-0.15, -0.1) is 0 Å². The molecule has 16 heavy (non-hydrogen) atoms. The Morgan fingerprint density at radius 3 is 2.44 bits per heavy atom. The molecule has 2 nitrogen and oxygen atoms in total. The molecule has 0 aliphatic carbocycles. The fourth-order valence-electron chi connectivity index (χ4n) is 2.41. The lowest BCUT2D eigenvalue weighted by Gasteiger charge is -2.29. The fraction of sp³-hybridized carbons (Fsp3) is 0.571. The molecule has 1 aliphatic rings. The van der Waals surface area contributed by atoms with Crippen LogP contribution in [0.4, 0.5) is 0 Å². The normalized spacial score (nSPS) is 16.0. The van der Waals surface area contributed by atoms with Crippen molar-refractivity contribution in [2.24, 2.45) is 5.92 Å². The standard InChI is InChI=1S/C14H21NO/c1-9-5-14(16-4)11(3)10(2)13(9)6-12-7-15-8-12/h5,12,15H,6-8H2,1-4H3. The first kappa shape index (κ1) is 11.5. The van der Waals surface area contributed by atoms with Gasteiger partial charge in [0.15, 0.2) is 0 Å². The minimum atomic E-state index is 0.824. The van der Waals surface area contributed by atoms with E-state index < -0.39 is 0 Å². The lowest BCUT2D eigenvalue weighted by Crippen LogP contribution is -2.43. The highest BCUT2D eigenvalue weighted by Gasteiger charge is 2.20. The third-order valence-electron chi connectivity index (χ3n) is 3.79. The molecule has 0 atom stereocenters. The summed E-state index contributed by atoms with van der Waals surface area (Å²) < 4.78 is 5.39. The van der Waals surface area contributed by atoms with E-state index in [-0.39, 0.29) is 0 Å². The molecule has 1 saturated heterocycles. The Hall–Kier alpha value is -1.02. The number of benzene rings is 1. The molecule has 1 fully saturated rings. The Labute approximate surface area is 98.0 Å². The molecule has 0 radical (unpaired) electrons. The molecule has 1 N–H and O–H groups in total. The van der Waals surface area contributed by atoms with Gasteiger partial charge in [-0.2, -0.15) is 0 Å². The molecule has 1 aromatic carbocycles. The van der Waals surface area contributed by atoms with Gasteiger partial charge in [0.2, 0.25) is 0 Å². The van der Waals surface area contributed by atoms with Crippen molar-refractivity contribution in [3.63, 3.8) is 0 Å². The van der Waals surface area contributed by atoms with Crippen LogP contribution in [0.3, 0.4) is 0 Å². The molecule has 88 valence electrons. The third-order valence-corrected chi connectivity index (χ3v) is 3.79. The Morgan fingerprint density at radius 1 is 1.25 bits per heavy atom. The molecule has 0 bridgehead atoms. The summed E-state index contributed by atoms with van der Waals surface area (Å²) in [6.07, 6.45) is 1.20. The minimum Gasteiger partial charge on any atom is -0.496 e. The summed E-state index contributed by atoms with van der Waals surface area (Å²) in [5, 5.41) is 3.33. The van der Waals surface area contributed by atoms with E-state index in [0.29, 0.717) is 0 Å². The summed E-state index contributed by atoms with van der Waals surface area (Å²) in [6.45, 7) is 8.90. The van der Waals surface area contributed by atoms with Gasteiger partial charge in [0.25, 0.3) is 0 Å². The number of ether oxygens (including phenoxy) is 1. The van der Waals surface area contributed by atoms with E-state index in [1.54, 1.807) is 7.11 Å². The van der Waals surface area contributed by atoms with E-state index in [4.69, 9.17) is 4.74 Å². The Balaban J connectivity index is 2.32. The zero-order chi connectivity index (χ0) is 11.7. The molecule has 0 amide bonds. The zero-order valence-corrected chi connectivity index (χ0v) is 10.7. The summed E-state index contributed by atoms with van der Waals surface area (Å²) >= 11 is 0. The Bertz CT molecular complexity index is 394. The number of aryl methyl sites for hydroxylation is 1. The lowest BCUT2D eigenvalue weighted by molar-refractivity contribution is 0.345. The molecule has 1 aromatic rings. The molecule has 1 aliphatic heterocycles. The van der Waals surface area contributed by atoms with Gasteiger partial charge in [-0.3, -0.25) is 0 Å². The van der Waals surface area contributed by atoms with Gasteiger partial charge < -0.3 is 10.1 Å². The first-order chi connectivity index (χ1) is 7.63. The van der Waals surface area contributed by atoms with Gasteiger partial charge in [-0.05, 0) is 74.5 Å². The molecule has 2 heteroatoms. The highest BCUT2D eigenvalue weighted by molar-refractivity contribution is 5.48. The van der Waals surface area contributed by atoms with E-state index in [0.717, 1.165) is 11.7 Å². The maximum absolute atomic E-state index is 5.39. The van der Waals surface area contributed by atoms with Crippen LogP contribution < -0.4 is 10.1 Å². The fourth-order valence-corrected chi connectivity index (χ4v) is 2.41. The quantitative estimate of drug-likeness (QED) is 0.842. The second kappa shape index (κ2) is 4.46. The van der Waals surface area contributed by atoms with E-state index in [1.165, 1.54) is 41.8 Å². The Morgan fingerprint density at radius 2 is 1.94 bits per heavy atom. The molecule has 2 rings (SSSR count). The van der Waals surface area contributed by atoms with Crippen molar-refractivity contribution >= 4 is 0 Å². The molecular weight excluding hydrogens is 198 g/mol. The zero-order valence-electron chi connectivity index (χ0n) is 10.7. The van der Waals surface area contributed by atoms with E-state index in [1.807, 2.05) is 0 Å². The lowest BCUT2D eigenvalue weighted by atomic mass is 9.87. The van der Waals surface area contributed by atoms with E-state index >= 15 is 0 Å². The van der Waals surface area contributed by atoms with Gasteiger partial charge in [-0.25, -0.2) is 0 Å². The SMILES string of the molecule is COc1cc(C)c(CC2CNC2)c(C)c1C. The van der Waals surface area contributed by atoms with Crippen molar-refractivity contribution < 1.29 is 4.74 Å². The van der Waals surface area contributed by atoms with Crippen LogP contribution >= 0.6 is 0 Å². The average molecular weight is 219 g/mol. The molecule has 1 heterocycles. The smallest absolute Gasteiger partial charge is 0.122 e. The summed E-state index contributed by atoms with van der Waals surface area (Å²) in [7, 11) is 1.75. The summed E-state index contributed by atoms with van der Waals surface area (Å²) in [6, 6.07) is 2.17. The topological polar surface area (TPSA) is 21.3 Å². The van der Waals surface area contributed by atoms with Crippen LogP contribution in [0.1, 0.15) is 22.3 Å². The van der Waals surface area contributed by atoms with E-state index in [9.17, 15) is 0 Å². The van der Waals surface area contributed by atoms with Crippen LogP contribution in [0.5, 0.6) is 5.75 Å². The first-order valence-electron chi connectivity index (χ1n) is 5.98. The molecule has 0 aromatic heterocycles. The maximum atomic E-state index is 5.39. The van der Waals surface area contributed by atoms with Crippen LogP contribution in [-0.2, 0) is 6.42 Å².